The van der Waals surface area contributed by atoms with E-state index in [1.54, 1.807) is 0 Å². The molecule has 2 amide bonds. The zero-order chi connectivity index (χ0) is 20.4. The molecule has 4 rings (SSSR count). The molecule has 0 saturated heterocycles. The van der Waals surface area contributed by atoms with Gasteiger partial charge >= 0.3 is 0 Å². The van der Waals surface area contributed by atoms with Gasteiger partial charge in [0.1, 0.15) is 0 Å². The van der Waals surface area contributed by atoms with Crippen LogP contribution in [-0.4, -0.2) is 24.5 Å². The van der Waals surface area contributed by atoms with Gasteiger partial charge in [0, 0.05) is 13.1 Å². The average Bonchev–Trinajstić information content (AvgIpc) is 3.02. The molecule has 0 spiro atoms. The molecule has 1 aliphatic rings. The van der Waals surface area contributed by atoms with Gasteiger partial charge in [-0.2, -0.15) is 4.31 Å². The average molecular weight is 406 g/mol. The van der Waals surface area contributed by atoms with E-state index in [-0.39, 0.29) is 29.1 Å². The van der Waals surface area contributed by atoms with Crippen molar-refractivity contribution in [2.45, 2.75) is 18.0 Å². The number of amides is 2. The maximum Gasteiger partial charge on any atom is 0.258 e. The van der Waals surface area contributed by atoms with E-state index in [1.807, 2.05) is 60.7 Å². The first-order valence-electron chi connectivity index (χ1n) is 9.03. The molecule has 0 unspecified atom stereocenters. The largest absolute Gasteiger partial charge is 0.288 e. The zero-order valence-corrected chi connectivity index (χ0v) is 16.2. The van der Waals surface area contributed by atoms with Gasteiger partial charge in [0.25, 0.3) is 11.8 Å². The molecular formula is C22H18N2O4S. The molecule has 1 heterocycles. The smallest absolute Gasteiger partial charge is 0.258 e. The molecule has 6 nitrogen and oxygen atoms in total. The lowest BCUT2D eigenvalue weighted by atomic mass is 10.1. The topological polar surface area (TPSA) is 83.5 Å². The highest BCUT2D eigenvalue weighted by atomic mass is 32.2. The third kappa shape index (κ3) is 3.83. The number of hydrogen-bond acceptors (Lipinski definition) is 4. The summed E-state index contributed by atoms with van der Waals surface area (Å²) in [5.41, 5.74) is 1.96. The van der Waals surface area contributed by atoms with Gasteiger partial charge in [0.15, 0.2) is 0 Å². The first-order chi connectivity index (χ1) is 13.9. The molecule has 0 aliphatic carbocycles. The lowest BCUT2D eigenvalue weighted by Crippen LogP contribution is -2.30. The number of benzene rings is 3. The van der Waals surface area contributed by atoms with Crippen LogP contribution in [0.5, 0.6) is 0 Å². The highest BCUT2D eigenvalue weighted by Gasteiger charge is 2.31. The van der Waals surface area contributed by atoms with Crippen molar-refractivity contribution >= 4 is 21.8 Å². The summed E-state index contributed by atoms with van der Waals surface area (Å²) in [5, 5.41) is 2.18. The molecule has 0 radical (unpaired) electrons. The molecule has 29 heavy (non-hydrogen) atoms. The number of carbonyl (C=O) groups excluding carboxylic acids is 2. The predicted octanol–water partition coefficient (Wildman–Crippen LogP) is 2.96. The van der Waals surface area contributed by atoms with E-state index in [1.165, 1.54) is 22.5 Å². The van der Waals surface area contributed by atoms with E-state index in [0.29, 0.717) is 0 Å². The summed E-state index contributed by atoms with van der Waals surface area (Å²) in [5.74, 6) is -1.10. The van der Waals surface area contributed by atoms with Crippen molar-refractivity contribution in [3.8, 4) is 0 Å². The second-order valence-electron chi connectivity index (χ2n) is 6.73. The molecule has 0 atom stereocenters. The minimum atomic E-state index is -3.92. The van der Waals surface area contributed by atoms with Crippen molar-refractivity contribution in [3.63, 3.8) is 0 Å². The lowest BCUT2D eigenvalue weighted by Gasteiger charge is -2.23. The summed E-state index contributed by atoms with van der Waals surface area (Å²) < 4.78 is 28.2. The zero-order valence-electron chi connectivity index (χ0n) is 15.4. The van der Waals surface area contributed by atoms with Gasteiger partial charge in [-0.15, -0.1) is 0 Å². The van der Waals surface area contributed by atoms with Crippen LogP contribution in [0.1, 0.15) is 31.8 Å². The van der Waals surface area contributed by atoms with Gasteiger partial charge < -0.3 is 0 Å². The van der Waals surface area contributed by atoms with Crippen LogP contribution < -0.4 is 5.32 Å². The Morgan fingerprint density at radius 3 is 1.76 bits per heavy atom. The molecule has 3 aromatic rings. The monoisotopic (exact) mass is 406 g/mol. The molecule has 1 N–H and O–H groups in total. The van der Waals surface area contributed by atoms with Gasteiger partial charge in [-0.1, -0.05) is 60.7 Å². The number of hydrogen-bond donors (Lipinski definition) is 1. The van der Waals surface area contributed by atoms with E-state index in [4.69, 9.17) is 0 Å². The SMILES string of the molecule is O=C1NC(=O)c2cc(S(=O)(=O)N(Cc3ccccc3)Cc3ccccc3)ccc21. The number of imide groups is 1. The Kier molecular flexibility index (Phi) is 5.00. The third-order valence-electron chi connectivity index (χ3n) is 4.75. The second-order valence-corrected chi connectivity index (χ2v) is 8.67. The van der Waals surface area contributed by atoms with E-state index in [9.17, 15) is 18.0 Å². The minimum absolute atomic E-state index is 0.0204. The summed E-state index contributed by atoms with van der Waals surface area (Å²) in [6.07, 6.45) is 0. The predicted molar refractivity (Wildman–Crippen MR) is 108 cm³/mol. The number of rotatable bonds is 6. The Balaban J connectivity index is 1.73. The van der Waals surface area contributed by atoms with Crippen molar-refractivity contribution in [3.05, 3.63) is 101 Å². The van der Waals surface area contributed by atoms with Crippen molar-refractivity contribution in [1.82, 2.24) is 9.62 Å². The standard InChI is InChI=1S/C22H18N2O4S/c25-21-19-12-11-18(13-20(19)22(26)23-21)29(27,28)24(14-16-7-3-1-4-8-16)15-17-9-5-2-6-10-17/h1-13H,14-15H2,(H,23,25,26). The number of carbonyl (C=O) groups is 2. The van der Waals surface area contributed by atoms with Crippen LogP contribution >= 0.6 is 0 Å². The molecule has 0 bridgehead atoms. The van der Waals surface area contributed by atoms with Gasteiger partial charge in [0.05, 0.1) is 16.0 Å². The van der Waals surface area contributed by atoms with Crippen molar-refractivity contribution < 1.29 is 18.0 Å². The Labute approximate surface area is 168 Å². The first kappa shape index (κ1) is 19.0. The van der Waals surface area contributed by atoms with Crippen molar-refractivity contribution in [2.24, 2.45) is 0 Å². The van der Waals surface area contributed by atoms with Crippen molar-refractivity contribution in [2.75, 3.05) is 0 Å². The Hall–Kier alpha value is -3.29. The molecule has 0 aromatic heterocycles. The number of nitrogens with zero attached hydrogens (tertiary/aromatic N) is 1. The second kappa shape index (κ2) is 7.62. The van der Waals surface area contributed by atoms with Crippen LogP contribution in [0.25, 0.3) is 0 Å². The molecular weight excluding hydrogens is 388 g/mol. The van der Waals surface area contributed by atoms with Crippen LogP contribution in [-0.2, 0) is 23.1 Å². The van der Waals surface area contributed by atoms with Gasteiger partial charge in [0.2, 0.25) is 10.0 Å². The number of nitrogens with one attached hydrogen (secondary N) is 1. The molecule has 0 fully saturated rings. The quantitative estimate of drug-likeness (QED) is 0.638. The van der Waals surface area contributed by atoms with Gasteiger partial charge in [-0.3, -0.25) is 14.9 Å². The minimum Gasteiger partial charge on any atom is -0.288 e. The summed E-state index contributed by atoms with van der Waals surface area (Å²) in [7, 11) is -3.92. The summed E-state index contributed by atoms with van der Waals surface area (Å²) in [6.45, 7) is 0.362. The van der Waals surface area contributed by atoms with Crippen molar-refractivity contribution in [1.29, 1.82) is 0 Å². The summed E-state index contributed by atoms with van der Waals surface area (Å²) in [6, 6.07) is 22.6. The summed E-state index contributed by atoms with van der Waals surface area (Å²) >= 11 is 0. The molecule has 0 saturated carbocycles. The molecule has 7 heteroatoms. The van der Waals surface area contributed by atoms with E-state index in [2.05, 4.69) is 5.32 Å². The van der Waals surface area contributed by atoms with Crippen LogP contribution in [0.15, 0.2) is 83.8 Å². The van der Waals surface area contributed by atoms with E-state index >= 15 is 0 Å². The molecule has 146 valence electrons. The third-order valence-corrected chi connectivity index (χ3v) is 6.54. The van der Waals surface area contributed by atoms with Gasteiger partial charge in [-0.25, -0.2) is 8.42 Å². The Bertz CT molecular complexity index is 1130. The summed E-state index contributed by atoms with van der Waals surface area (Å²) in [4.78, 5) is 23.7. The first-order valence-corrected chi connectivity index (χ1v) is 10.5. The van der Waals surface area contributed by atoms with Gasteiger partial charge in [-0.05, 0) is 29.3 Å². The number of fused-ring (bicyclic) bond motifs is 1. The lowest BCUT2D eigenvalue weighted by molar-refractivity contribution is 0.0879. The normalized spacial score (nSPS) is 13.4. The Morgan fingerprint density at radius 2 is 1.21 bits per heavy atom. The fourth-order valence-electron chi connectivity index (χ4n) is 3.26. The fraction of sp³-hybridized carbons (Fsp3) is 0.0909. The molecule has 3 aromatic carbocycles. The maximum atomic E-state index is 13.4. The molecule has 1 aliphatic heterocycles. The van der Waals surface area contributed by atoms with Crippen LogP contribution in [0.2, 0.25) is 0 Å². The van der Waals surface area contributed by atoms with Crippen LogP contribution in [0.3, 0.4) is 0 Å². The highest BCUT2D eigenvalue weighted by Crippen LogP contribution is 2.25. The number of sulfonamides is 1. The van der Waals surface area contributed by atoms with E-state index in [0.717, 1.165) is 11.1 Å². The Morgan fingerprint density at radius 1 is 0.690 bits per heavy atom. The van der Waals surface area contributed by atoms with E-state index < -0.39 is 21.8 Å². The van der Waals surface area contributed by atoms with Crippen LogP contribution in [0, 0.1) is 0 Å². The highest BCUT2D eigenvalue weighted by molar-refractivity contribution is 7.89. The fourth-order valence-corrected chi connectivity index (χ4v) is 4.70. The van der Waals surface area contributed by atoms with Crippen LogP contribution in [0.4, 0.5) is 0 Å². The maximum absolute atomic E-state index is 13.4.